The quantitative estimate of drug-likeness (QED) is 0.179. The topological polar surface area (TPSA) is 60.0 Å². The van der Waals surface area contributed by atoms with Gasteiger partial charge in [-0.3, -0.25) is 4.79 Å². The predicted octanol–water partition coefficient (Wildman–Crippen LogP) is 7.05. The number of hydrogen-bond donors (Lipinski definition) is 2. The Kier molecular flexibility index (Phi) is 10.1. The van der Waals surface area contributed by atoms with E-state index in [4.69, 9.17) is 0 Å². The highest BCUT2D eigenvalue weighted by molar-refractivity contribution is 5.94. The van der Waals surface area contributed by atoms with E-state index in [0.717, 1.165) is 81.5 Å². The molecule has 41 heavy (non-hydrogen) atoms. The predicted molar refractivity (Wildman–Crippen MR) is 161 cm³/mol. The lowest BCUT2D eigenvalue weighted by molar-refractivity contribution is -0.131. The summed E-state index contributed by atoms with van der Waals surface area (Å²) >= 11 is 0. The van der Waals surface area contributed by atoms with Gasteiger partial charge in [0, 0.05) is 67.8 Å². The number of likely N-dealkylation sites (tertiary alicyclic amines) is 1. The number of carbonyl (C=O) groups excluding carboxylic acids is 1. The second-order valence-corrected chi connectivity index (χ2v) is 12.2. The highest BCUT2D eigenvalue weighted by Crippen LogP contribution is 2.46. The third-order valence-corrected chi connectivity index (χ3v) is 8.78. The highest BCUT2D eigenvalue weighted by atomic mass is 19.4. The van der Waals surface area contributed by atoms with Gasteiger partial charge in [-0.1, -0.05) is 26.8 Å². The second-order valence-electron chi connectivity index (χ2n) is 12.2. The van der Waals surface area contributed by atoms with Crippen molar-refractivity contribution in [3.8, 4) is 0 Å². The number of nitrogens with one attached hydrogen (secondary N) is 2. The zero-order chi connectivity index (χ0) is 29.6. The first-order valence-corrected chi connectivity index (χ1v) is 15.2. The van der Waals surface area contributed by atoms with Crippen molar-refractivity contribution in [2.75, 3.05) is 42.9 Å². The summed E-state index contributed by atoms with van der Waals surface area (Å²) in [6.45, 7) is 13.5. The number of hydrogen-bond acceptors (Lipinski definition) is 4. The number of aliphatic imine (C=N–C) groups is 1. The van der Waals surface area contributed by atoms with Crippen LogP contribution in [0.1, 0.15) is 77.7 Å². The molecule has 0 radical (unpaired) electrons. The molecule has 1 amide bonds. The molecule has 0 spiro atoms. The zero-order valence-corrected chi connectivity index (χ0v) is 24.9. The number of alkyl halides is 3. The maximum absolute atomic E-state index is 14.0. The highest BCUT2D eigenvalue weighted by Gasteiger charge is 2.45. The molecule has 0 atom stereocenters. The second kappa shape index (κ2) is 13.3. The minimum Gasteiger partial charge on any atom is -0.384 e. The number of amides is 1. The van der Waals surface area contributed by atoms with E-state index in [-0.39, 0.29) is 17.0 Å². The first kappa shape index (κ1) is 31.0. The summed E-state index contributed by atoms with van der Waals surface area (Å²) in [6.07, 6.45) is 4.68. The fraction of sp³-hybridized carbons (Fsp3) is 0.625. The lowest BCUT2D eigenvalue weighted by atomic mass is 9.98. The van der Waals surface area contributed by atoms with Gasteiger partial charge in [0.1, 0.15) is 5.84 Å². The van der Waals surface area contributed by atoms with Crippen molar-refractivity contribution in [1.82, 2.24) is 10.2 Å². The fourth-order valence-corrected chi connectivity index (χ4v) is 5.74. The van der Waals surface area contributed by atoms with Crippen molar-refractivity contribution in [1.29, 1.82) is 0 Å². The number of halogens is 3. The normalized spacial score (nSPS) is 20.6. The van der Waals surface area contributed by atoms with Gasteiger partial charge in [0.05, 0.1) is 5.57 Å². The number of benzene rings is 1. The molecule has 3 fully saturated rings. The number of nitrogens with zero attached hydrogens (tertiary/aromatic N) is 3. The first-order valence-electron chi connectivity index (χ1n) is 15.2. The molecule has 1 aromatic rings. The molecule has 0 bridgehead atoms. The molecule has 2 N–H and O–H groups in total. The number of piperidine rings is 1. The summed E-state index contributed by atoms with van der Waals surface area (Å²) in [6, 6.07) is 6.23. The Morgan fingerprint density at radius 2 is 1.90 bits per heavy atom. The Balaban J connectivity index is 1.39. The summed E-state index contributed by atoms with van der Waals surface area (Å²) in [7, 11) is 0. The molecular formula is C32H46F3N5O. The van der Waals surface area contributed by atoms with Crippen molar-refractivity contribution in [2.24, 2.45) is 16.3 Å². The summed E-state index contributed by atoms with van der Waals surface area (Å²) in [5.74, 6) is 1.28. The monoisotopic (exact) mass is 573 g/mol. The molecule has 4 rings (SSSR count). The average molecular weight is 574 g/mol. The van der Waals surface area contributed by atoms with Crippen LogP contribution < -0.4 is 15.5 Å². The smallest absolute Gasteiger partial charge is 0.384 e. The van der Waals surface area contributed by atoms with Gasteiger partial charge >= 0.3 is 6.18 Å². The van der Waals surface area contributed by atoms with Gasteiger partial charge in [-0.2, -0.15) is 13.2 Å². The molecule has 0 aromatic heterocycles. The first-order chi connectivity index (χ1) is 19.5. The van der Waals surface area contributed by atoms with Crippen LogP contribution in [0.25, 0.3) is 0 Å². The molecule has 9 heteroatoms. The molecule has 226 valence electrons. The number of allylic oxidation sites excluding steroid dienone is 1. The van der Waals surface area contributed by atoms with Gasteiger partial charge in [0.2, 0.25) is 5.91 Å². The van der Waals surface area contributed by atoms with E-state index < -0.39 is 11.7 Å². The van der Waals surface area contributed by atoms with Crippen LogP contribution in [-0.4, -0.2) is 55.5 Å². The molecule has 1 saturated carbocycles. The minimum absolute atomic E-state index is 0.155. The van der Waals surface area contributed by atoms with E-state index in [0.29, 0.717) is 25.3 Å². The Hall–Kier alpha value is -2.97. The van der Waals surface area contributed by atoms with Gasteiger partial charge in [-0.05, 0) is 81.5 Å². The summed E-state index contributed by atoms with van der Waals surface area (Å²) < 4.78 is 42.0. The van der Waals surface area contributed by atoms with Crippen molar-refractivity contribution in [3.63, 3.8) is 0 Å². The van der Waals surface area contributed by atoms with Crippen molar-refractivity contribution in [2.45, 2.75) is 84.7 Å². The molecule has 1 aliphatic carbocycles. The lowest BCUT2D eigenvalue weighted by Crippen LogP contribution is -2.39. The maximum Gasteiger partial charge on any atom is 0.419 e. The van der Waals surface area contributed by atoms with Crippen LogP contribution in [0.5, 0.6) is 0 Å². The molecule has 0 unspecified atom stereocenters. The number of amidine groups is 1. The molecule has 2 saturated heterocycles. The molecule has 2 aliphatic heterocycles. The third-order valence-electron chi connectivity index (χ3n) is 8.78. The van der Waals surface area contributed by atoms with Gasteiger partial charge in [-0.25, -0.2) is 4.99 Å². The fourth-order valence-electron chi connectivity index (χ4n) is 5.74. The van der Waals surface area contributed by atoms with Crippen molar-refractivity contribution < 1.29 is 18.0 Å². The zero-order valence-electron chi connectivity index (χ0n) is 24.9. The van der Waals surface area contributed by atoms with Crippen molar-refractivity contribution >= 4 is 23.1 Å². The van der Waals surface area contributed by atoms with Gasteiger partial charge < -0.3 is 20.4 Å². The largest absolute Gasteiger partial charge is 0.419 e. The van der Waals surface area contributed by atoms with E-state index >= 15 is 0 Å². The standard InChI is InChI=1S/C32H46F3N5O/c1-5-26-19-27(39-17-12-23(2)13-18-39)10-11-29(26)38-25(4)36-20-28(32(33,34)35)24(3)37-21-31(14-15-31)22-40-16-8-6-7-9-30(40)41/h10-11,19-20,23,37H,3,5-9,12-18,21-22H2,1-2,4H3,(H,36,38)/b28-20+. The average Bonchev–Trinajstić information content (AvgIpc) is 3.73. The molecule has 3 aliphatic rings. The minimum atomic E-state index is -4.60. The van der Waals surface area contributed by atoms with Crippen LogP contribution in [0.3, 0.4) is 0 Å². The van der Waals surface area contributed by atoms with Crippen LogP contribution in [0.4, 0.5) is 24.5 Å². The molecule has 1 aromatic carbocycles. The molecule has 2 heterocycles. The van der Waals surface area contributed by atoms with Crippen LogP contribution in [-0.2, 0) is 11.2 Å². The number of carbonyl (C=O) groups is 1. The van der Waals surface area contributed by atoms with E-state index in [1.54, 1.807) is 6.92 Å². The van der Waals surface area contributed by atoms with E-state index in [9.17, 15) is 18.0 Å². The number of anilines is 2. The van der Waals surface area contributed by atoms with E-state index in [2.05, 4.69) is 53.1 Å². The van der Waals surface area contributed by atoms with E-state index in [1.165, 1.54) is 18.5 Å². The maximum atomic E-state index is 14.0. The van der Waals surface area contributed by atoms with Crippen molar-refractivity contribution in [3.05, 3.63) is 47.8 Å². The van der Waals surface area contributed by atoms with Crippen LogP contribution in [0.15, 0.2) is 47.2 Å². The third kappa shape index (κ3) is 8.52. The van der Waals surface area contributed by atoms with Gasteiger partial charge in [-0.15, -0.1) is 0 Å². The number of rotatable bonds is 10. The summed E-state index contributed by atoms with van der Waals surface area (Å²) in [4.78, 5) is 20.9. The van der Waals surface area contributed by atoms with E-state index in [1.807, 2.05) is 11.0 Å². The van der Waals surface area contributed by atoms with Crippen LogP contribution >= 0.6 is 0 Å². The SMILES string of the molecule is C=C(NCC1(CN2CCCCCC2=O)CC1)/C(=C\N=C(C)Nc1ccc(N2CCC(C)CC2)cc1CC)C(F)(F)F. The van der Waals surface area contributed by atoms with Crippen LogP contribution in [0, 0.1) is 11.3 Å². The Labute approximate surface area is 243 Å². The Morgan fingerprint density at radius 3 is 2.56 bits per heavy atom. The Morgan fingerprint density at radius 1 is 1.17 bits per heavy atom. The molecule has 6 nitrogen and oxygen atoms in total. The number of aryl methyl sites for hydroxylation is 1. The molecular weight excluding hydrogens is 527 g/mol. The lowest BCUT2D eigenvalue weighted by Gasteiger charge is -2.32. The van der Waals surface area contributed by atoms with Crippen LogP contribution in [0.2, 0.25) is 0 Å². The van der Waals surface area contributed by atoms with Gasteiger partial charge in [0.15, 0.2) is 0 Å². The summed E-state index contributed by atoms with van der Waals surface area (Å²) in [5, 5.41) is 6.13. The Bertz CT molecular complexity index is 1150. The van der Waals surface area contributed by atoms with Gasteiger partial charge in [0.25, 0.3) is 0 Å². The summed E-state index contributed by atoms with van der Waals surface area (Å²) in [5.41, 5.74) is 1.85.